The molecule has 1 aromatic rings. The molecule has 5 heteroatoms. The maximum atomic E-state index is 11.1. The Morgan fingerprint density at radius 3 is 2.73 bits per heavy atom. The summed E-state index contributed by atoms with van der Waals surface area (Å²) in [6, 6.07) is 0.620. The molecule has 0 aliphatic carbocycles. The fraction of sp³-hybridized carbons (Fsp3) is 0.600. The molecule has 0 saturated carbocycles. The van der Waals surface area contributed by atoms with Crippen molar-refractivity contribution in [3.05, 3.63) is 11.1 Å². The molecule has 1 fully saturated rings. The van der Waals surface area contributed by atoms with E-state index in [0.717, 1.165) is 23.1 Å². The highest BCUT2D eigenvalue weighted by atomic mass is 32.1. The minimum Gasteiger partial charge on any atom is -0.345 e. The molecule has 0 aromatic carbocycles. The van der Waals surface area contributed by atoms with Crippen molar-refractivity contribution in [2.24, 2.45) is 0 Å². The number of thiazole rings is 1. The summed E-state index contributed by atoms with van der Waals surface area (Å²) in [4.78, 5) is 20.5. The number of ketones is 1. The van der Waals surface area contributed by atoms with E-state index < -0.39 is 0 Å². The van der Waals surface area contributed by atoms with Crippen LogP contribution in [0, 0.1) is 0 Å². The lowest BCUT2D eigenvalue weighted by atomic mass is 10.1. The van der Waals surface area contributed by atoms with Crippen molar-refractivity contribution in [3.8, 4) is 0 Å². The quantitative estimate of drug-likeness (QED) is 0.722. The fourth-order valence-electron chi connectivity index (χ4n) is 1.51. The lowest BCUT2D eigenvalue weighted by molar-refractivity contribution is 0.102. The van der Waals surface area contributed by atoms with E-state index in [1.54, 1.807) is 13.1 Å². The number of carbonyl (C=O) groups is 1. The van der Waals surface area contributed by atoms with Crippen LogP contribution in [0.5, 0.6) is 0 Å². The number of hydrogen-bond acceptors (Lipinski definition) is 5. The highest BCUT2D eigenvalue weighted by Gasteiger charge is 2.30. The summed E-state index contributed by atoms with van der Waals surface area (Å²) >= 11 is 1.49. The summed E-state index contributed by atoms with van der Waals surface area (Å²) in [6.07, 6.45) is 1.67. The van der Waals surface area contributed by atoms with E-state index in [1.165, 1.54) is 11.3 Å². The monoisotopic (exact) mass is 225 g/mol. The maximum Gasteiger partial charge on any atom is 0.186 e. The fourth-order valence-corrected chi connectivity index (χ4v) is 2.34. The van der Waals surface area contributed by atoms with Crippen molar-refractivity contribution in [1.82, 2.24) is 9.88 Å². The number of hydrogen-bond donors (Lipinski definition) is 0. The summed E-state index contributed by atoms with van der Waals surface area (Å²) in [7, 11) is 4.18. The van der Waals surface area contributed by atoms with Gasteiger partial charge in [0.05, 0.1) is 11.1 Å². The number of Topliss-reactive ketones (excluding diaryl/α,β-unsaturated/α-hetero) is 1. The second kappa shape index (κ2) is 3.90. The molecule has 4 nitrogen and oxygen atoms in total. The van der Waals surface area contributed by atoms with Gasteiger partial charge in [-0.05, 0) is 14.1 Å². The van der Waals surface area contributed by atoms with Gasteiger partial charge in [0.25, 0.3) is 0 Å². The van der Waals surface area contributed by atoms with E-state index in [0.29, 0.717) is 6.04 Å². The van der Waals surface area contributed by atoms with E-state index in [-0.39, 0.29) is 5.78 Å². The van der Waals surface area contributed by atoms with Gasteiger partial charge in [0.15, 0.2) is 10.9 Å². The molecule has 1 aromatic heterocycles. The molecule has 0 amide bonds. The topological polar surface area (TPSA) is 36.4 Å². The van der Waals surface area contributed by atoms with Gasteiger partial charge in [-0.3, -0.25) is 4.79 Å². The Kier molecular flexibility index (Phi) is 2.75. The van der Waals surface area contributed by atoms with Crippen LogP contribution >= 0.6 is 11.3 Å². The van der Waals surface area contributed by atoms with Crippen LogP contribution in [-0.4, -0.2) is 48.9 Å². The molecule has 0 unspecified atom stereocenters. The Morgan fingerprint density at radius 1 is 1.60 bits per heavy atom. The molecule has 1 aliphatic rings. The number of carbonyl (C=O) groups excluding carboxylic acids is 1. The predicted octanol–water partition coefficient (Wildman–Crippen LogP) is 1.10. The second-order valence-corrected chi connectivity index (χ2v) is 5.09. The minimum atomic E-state index is 0.100. The van der Waals surface area contributed by atoms with Crippen LogP contribution in [0.3, 0.4) is 0 Å². The van der Waals surface area contributed by atoms with Gasteiger partial charge in [0.2, 0.25) is 0 Å². The number of anilines is 1. The Hall–Kier alpha value is -0.940. The third-order valence-corrected chi connectivity index (χ3v) is 3.86. The van der Waals surface area contributed by atoms with E-state index in [4.69, 9.17) is 0 Å². The second-order valence-electron chi connectivity index (χ2n) is 4.09. The summed E-state index contributed by atoms with van der Waals surface area (Å²) in [5.41, 5.74) is 0. The van der Waals surface area contributed by atoms with Crippen LogP contribution < -0.4 is 4.90 Å². The molecule has 0 radical (unpaired) electrons. The van der Waals surface area contributed by atoms with Crippen LogP contribution in [0.25, 0.3) is 0 Å². The number of likely N-dealkylation sites (N-methyl/N-ethyl adjacent to an activating group) is 1. The number of nitrogens with zero attached hydrogens (tertiary/aromatic N) is 3. The van der Waals surface area contributed by atoms with Crippen molar-refractivity contribution in [1.29, 1.82) is 0 Å². The van der Waals surface area contributed by atoms with Gasteiger partial charge >= 0.3 is 0 Å². The number of rotatable bonds is 3. The predicted molar refractivity (Wildman–Crippen MR) is 61.8 cm³/mol. The van der Waals surface area contributed by atoms with Crippen LogP contribution in [-0.2, 0) is 0 Å². The molecular weight excluding hydrogens is 210 g/mol. The average Bonchev–Trinajstić information content (AvgIpc) is 2.49. The van der Waals surface area contributed by atoms with Gasteiger partial charge in [0, 0.05) is 26.1 Å². The molecule has 0 bridgehead atoms. The summed E-state index contributed by atoms with van der Waals surface area (Å²) in [5.74, 6) is 0.100. The van der Waals surface area contributed by atoms with Gasteiger partial charge < -0.3 is 9.80 Å². The Morgan fingerprint density at radius 2 is 2.27 bits per heavy atom. The normalized spacial score (nSPS) is 16.9. The first-order valence-corrected chi connectivity index (χ1v) is 5.77. The first kappa shape index (κ1) is 10.6. The molecule has 1 saturated heterocycles. The molecule has 1 aliphatic heterocycles. The van der Waals surface area contributed by atoms with Gasteiger partial charge in [-0.2, -0.15) is 0 Å². The van der Waals surface area contributed by atoms with Crippen LogP contribution in [0.2, 0.25) is 0 Å². The van der Waals surface area contributed by atoms with Crippen molar-refractivity contribution in [3.63, 3.8) is 0 Å². The lowest BCUT2D eigenvalue weighted by Gasteiger charge is -2.42. The van der Waals surface area contributed by atoms with Crippen molar-refractivity contribution >= 4 is 22.3 Å². The molecule has 15 heavy (non-hydrogen) atoms. The van der Waals surface area contributed by atoms with Crippen LogP contribution in [0.15, 0.2) is 6.20 Å². The molecular formula is C10H15N3OS. The van der Waals surface area contributed by atoms with Crippen LogP contribution in [0.1, 0.15) is 16.6 Å². The molecule has 2 heterocycles. The van der Waals surface area contributed by atoms with E-state index in [2.05, 4.69) is 28.9 Å². The SMILES string of the molecule is CC(=O)c1cnc(N2CC(N(C)C)C2)s1. The highest BCUT2D eigenvalue weighted by molar-refractivity contribution is 7.17. The molecule has 0 N–H and O–H groups in total. The maximum absolute atomic E-state index is 11.1. The largest absolute Gasteiger partial charge is 0.345 e. The third-order valence-electron chi connectivity index (χ3n) is 2.70. The molecule has 2 rings (SSSR count). The van der Waals surface area contributed by atoms with Crippen molar-refractivity contribution in [2.45, 2.75) is 13.0 Å². The zero-order chi connectivity index (χ0) is 11.0. The highest BCUT2D eigenvalue weighted by Crippen LogP contribution is 2.27. The Labute approximate surface area is 93.5 Å². The van der Waals surface area contributed by atoms with Gasteiger partial charge in [0.1, 0.15) is 0 Å². The minimum absolute atomic E-state index is 0.100. The standard InChI is InChI=1S/C10H15N3OS/c1-7(14)9-4-11-10(15-9)13-5-8(6-13)12(2)3/h4,8H,5-6H2,1-3H3. The molecule has 0 spiro atoms. The van der Waals surface area contributed by atoms with Crippen LogP contribution in [0.4, 0.5) is 5.13 Å². The van der Waals surface area contributed by atoms with E-state index >= 15 is 0 Å². The molecule has 0 atom stereocenters. The van der Waals surface area contributed by atoms with E-state index in [1.807, 2.05) is 0 Å². The zero-order valence-corrected chi connectivity index (χ0v) is 10.0. The van der Waals surface area contributed by atoms with Crippen molar-refractivity contribution in [2.75, 3.05) is 32.1 Å². The van der Waals surface area contributed by atoms with Gasteiger partial charge in [-0.25, -0.2) is 4.98 Å². The Balaban J connectivity index is 1.98. The summed E-state index contributed by atoms with van der Waals surface area (Å²) in [6.45, 7) is 3.60. The van der Waals surface area contributed by atoms with Crippen molar-refractivity contribution < 1.29 is 4.79 Å². The smallest absolute Gasteiger partial charge is 0.186 e. The Bertz CT molecular complexity index is 368. The van der Waals surface area contributed by atoms with Gasteiger partial charge in [-0.1, -0.05) is 11.3 Å². The third kappa shape index (κ3) is 2.03. The average molecular weight is 225 g/mol. The number of aromatic nitrogens is 1. The zero-order valence-electron chi connectivity index (χ0n) is 9.23. The first-order valence-electron chi connectivity index (χ1n) is 4.96. The van der Waals surface area contributed by atoms with E-state index in [9.17, 15) is 4.79 Å². The lowest BCUT2D eigenvalue weighted by Crippen LogP contribution is -2.57. The first-order chi connectivity index (χ1) is 7.08. The summed E-state index contributed by atoms with van der Waals surface area (Å²) < 4.78 is 0. The molecule has 82 valence electrons. The summed E-state index contributed by atoms with van der Waals surface area (Å²) in [5, 5.41) is 0.971. The van der Waals surface area contributed by atoms with Gasteiger partial charge in [-0.15, -0.1) is 0 Å².